The highest BCUT2D eigenvalue weighted by molar-refractivity contribution is 5.72. The zero-order valence-corrected chi connectivity index (χ0v) is 16.4. The summed E-state index contributed by atoms with van der Waals surface area (Å²) in [5.41, 5.74) is -0.505. The summed E-state index contributed by atoms with van der Waals surface area (Å²) in [5.74, 6) is 1.11. The van der Waals surface area contributed by atoms with Gasteiger partial charge in [-0.3, -0.25) is 14.6 Å². The summed E-state index contributed by atoms with van der Waals surface area (Å²) in [7, 11) is 2.04. The summed E-state index contributed by atoms with van der Waals surface area (Å²) < 4.78 is 7.39. The Bertz CT molecular complexity index is 1090. The van der Waals surface area contributed by atoms with Gasteiger partial charge in [0.05, 0.1) is 12.9 Å². The van der Waals surface area contributed by atoms with Crippen molar-refractivity contribution in [1.82, 2.24) is 24.4 Å². The van der Waals surface area contributed by atoms with Crippen LogP contribution in [0.25, 0.3) is 11.0 Å². The molecule has 0 saturated carbocycles. The maximum absolute atomic E-state index is 12.8. The van der Waals surface area contributed by atoms with Gasteiger partial charge in [-0.25, -0.2) is 4.98 Å². The molecule has 1 aliphatic rings. The molecule has 1 aliphatic heterocycles. The first-order chi connectivity index (χ1) is 14.1. The predicted molar refractivity (Wildman–Crippen MR) is 111 cm³/mol. The number of hydrogen-bond donors (Lipinski definition) is 1. The Kier molecular flexibility index (Phi) is 5.57. The second kappa shape index (κ2) is 8.44. The van der Waals surface area contributed by atoms with Crippen molar-refractivity contribution < 1.29 is 4.74 Å². The first-order valence-electron chi connectivity index (χ1n) is 9.72. The molecule has 0 atom stereocenters. The number of nitrogens with zero attached hydrogens (tertiary/aromatic N) is 5. The van der Waals surface area contributed by atoms with E-state index in [1.54, 1.807) is 4.57 Å². The zero-order chi connectivity index (χ0) is 20.2. The van der Waals surface area contributed by atoms with Gasteiger partial charge in [-0.2, -0.15) is 4.98 Å². The molecule has 0 amide bonds. The van der Waals surface area contributed by atoms with Gasteiger partial charge in [0.1, 0.15) is 11.3 Å². The number of anilines is 1. The lowest BCUT2D eigenvalue weighted by molar-refractivity contribution is 0.302. The fourth-order valence-electron chi connectivity index (χ4n) is 3.39. The Hall–Kier alpha value is -3.20. The highest BCUT2D eigenvalue weighted by atomic mass is 16.5. The lowest BCUT2D eigenvalue weighted by Crippen LogP contribution is -2.45. The normalized spacial score (nSPS) is 15.0. The third kappa shape index (κ3) is 4.29. The molecule has 29 heavy (non-hydrogen) atoms. The van der Waals surface area contributed by atoms with Gasteiger partial charge in [-0.05, 0) is 25.6 Å². The van der Waals surface area contributed by atoms with Crippen LogP contribution in [0.2, 0.25) is 0 Å². The number of nitrogens with one attached hydrogen (secondary N) is 1. The summed E-state index contributed by atoms with van der Waals surface area (Å²) in [6.07, 6.45) is 2.19. The fraction of sp³-hybridized carbons (Fsp3) is 0.400. The van der Waals surface area contributed by atoms with Gasteiger partial charge < -0.3 is 19.1 Å². The third-order valence-electron chi connectivity index (χ3n) is 5.05. The monoisotopic (exact) mass is 396 g/mol. The van der Waals surface area contributed by atoms with Crippen molar-refractivity contribution in [3.05, 3.63) is 57.4 Å². The Balaban J connectivity index is 1.53. The Labute approximate surface area is 167 Å². The number of aromatic nitrogens is 4. The maximum atomic E-state index is 12.8. The van der Waals surface area contributed by atoms with Gasteiger partial charge in [-0.15, -0.1) is 0 Å². The van der Waals surface area contributed by atoms with Crippen molar-refractivity contribution in [2.45, 2.75) is 13.0 Å². The Morgan fingerprint density at radius 3 is 2.62 bits per heavy atom. The second-order valence-electron chi connectivity index (χ2n) is 7.14. The lowest BCUT2D eigenvalue weighted by atomic mass is 10.3. The van der Waals surface area contributed by atoms with Crippen molar-refractivity contribution >= 4 is 17.0 Å². The third-order valence-corrected chi connectivity index (χ3v) is 5.05. The summed E-state index contributed by atoms with van der Waals surface area (Å²) in [6, 6.07) is 9.55. The molecule has 152 valence electrons. The van der Waals surface area contributed by atoms with Crippen LogP contribution in [0.4, 0.5) is 5.95 Å². The number of benzene rings is 1. The standard InChI is InChI=1S/C20H24N6O3/c1-24-9-11-25(12-10-24)20-22-18(27)16-17(19(28)23-20)26(14-21-16)8-5-13-29-15-6-3-2-4-7-15/h2-4,6-7,14H,5,8-13H2,1H3,(H,22,23,27,28). The van der Waals surface area contributed by atoms with Crippen LogP contribution in [0, 0.1) is 0 Å². The zero-order valence-electron chi connectivity index (χ0n) is 16.4. The van der Waals surface area contributed by atoms with E-state index in [-0.39, 0.29) is 16.6 Å². The Morgan fingerprint density at radius 1 is 1.10 bits per heavy atom. The molecule has 3 heterocycles. The van der Waals surface area contributed by atoms with Crippen LogP contribution in [0.1, 0.15) is 6.42 Å². The van der Waals surface area contributed by atoms with Crippen LogP contribution in [-0.4, -0.2) is 64.3 Å². The maximum Gasteiger partial charge on any atom is 0.301 e. The molecule has 4 rings (SSSR count). The van der Waals surface area contributed by atoms with E-state index < -0.39 is 5.56 Å². The van der Waals surface area contributed by atoms with Crippen molar-refractivity contribution in [2.75, 3.05) is 44.7 Å². The molecule has 0 spiro atoms. The molecule has 1 saturated heterocycles. The summed E-state index contributed by atoms with van der Waals surface area (Å²) >= 11 is 0. The van der Waals surface area contributed by atoms with Crippen molar-refractivity contribution in [2.24, 2.45) is 0 Å². The average molecular weight is 396 g/mol. The molecule has 9 nitrogen and oxygen atoms in total. The SMILES string of the molecule is CN1CCN(c2nc(=O)c3ncn(CCCOc4ccccc4)c3c(=O)[nH]2)CC1. The number of para-hydroxylation sites is 1. The minimum atomic E-state index is -0.494. The number of likely N-dealkylation sites (N-methyl/N-ethyl adjacent to an activating group) is 1. The van der Waals surface area contributed by atoms with Gasteiger partial charge in [0.15, 0.2) is 5.52 Å². The number of imidazole rings is 1. The van der Waals surface area contributed by atoms with Gasteiger partial charge in [0.2, 0.25) is 5.95 Å². The highest BCUT2D eigenvalue weighted by Gasteiger charge is 2.18. The second-order valence-corrected chi connectivity index (χ2v) is 7.14. The number of piperazine rings is 1. The molecule has 0 unspecified atom stereocenters. The van der Waals surface area contributed by atoms with Crippen molar-refractivity contribution in [1.29, 1.82) is 0 Å². The van der Waals surface area contributed by atoms with Crippen LogP contribution in [0.3, 0.4) is 0 Å². The van der Waals surface area contributed by atoms with Crippen LogP contribution in [-0.2, 0) is 6.54 Å². The Morgan fingerprint density at radius 2 is 1.86 bits per heavy atom. The molecule has 1 N–H and O–H groups in total. The van der Waals surface area contributed by atoms with E-state index in [1.165, 1.54) is 6.33 Å². The molecule has 2 aromatic heterocycles. The van der Waals surface area contributed by atoms with Gasteiger partial charge >= 0.3 is 5.56 Å². The first kappa shape index (κ1) is 19.1. The predicted octanol–water partition coefficient (Wildman–Crippen LogP) is 0.701. The number of fused-ring (bicyclic) bond motifs is 1. The van der Waals surface area contributed by atoms with Gasteiger partial charge in [0.25, 0.3) is 5.56 Å². The van der Waals surface area contributed by atoms with E-state index in [4.69, 9.17) is 4.74 Å². The van der Waals surface area contributed by atoms with Crippen LogP contribution < -0.4 is 20.8 Å². The average Bonchev–Trinajstić information content (AvgIpc) is 3.11. The van der Waals surface area contributed by atoms with Crippen molar-refractivity contribution in [3.8, 4) is 5.75 Å². The number of H-pyrrole nitrogens is 1. The molecule has 3 aromatic rings. The molecule has 0 radical (unpaired) electrons. The first-order valence-corrected chi connectivity index (χ1v) is 9.72. The van der Waals surface area contributed by atoms with E-state index in [2.05, 4.69) is 19.9 Å². The van der Waals surface area contributed by atoms with E-state index in [0.29, 0.717) is 38.6 Å². The van der Waals surface area contributed by atoms with Crippen LogP contribution >= 0.6 is 0 Å². The summed E-state index contributed by atoms with van der Waals surface area (Å²) in [4.78, 5) is 40.6. The minimum Gasteiger partial charge on any atom is -0.494 e. The number of aromatic amines is 1. The number of rotatable bonds is 6. The molecule has 0 aliphatic carbocycles. The fourth-order valence-corrected chi connectivity index (χ4v) is 3.39. The van der Waals surface area contributed by atoms with Crippen LogP contribution in [0.15, 0.2) is 46.2 Å². The van der Waals surface area contributed by atoms with E-state index in [1.807, 2.05) is 42.3 Å². The largest absolute Gasteiger partial charge is 0.494 e. The van der Waals surface area contributed by atoms with E-state index in [9.17, 15) is 9.59 Å². The van der Waals surface area contributed by atoms with Gasteiger partial charge in [-0.1, -0.05) is 18.2 Å². The van der Waals surface area contributed by atoms with Crippen molar-refractivity contribution in [3.63, 3.8) is 0 Å². The molecule has 1 fully saturated rings. The van der Waals surface area contributed by atoms with E-state index in [0.717, 1.165) is 18.8 Å². The van der Waals surface area contributed by atoms with Crippen LogP contribution in [0.5, 0.6) is 5.75 Å². The number of hydrogen-bond acceptors (Lipinski definition) is 7. The quantitative estimate of drug-likeness (QED) is 0.613. The highest BCUT2D eigenvalue weighted by Crippen LogP contribution is 2.11. The summed E-state index contributed by atoms with van der Waals surface area (Å²) in [5, 5.41) is 0. The molecule has 9 heteroatoms. The molecule has 0 bridgehead atoms. The van der Waals surface area contributed by atoms with E-state index >= 15 is 0 Å². The van der Waals surface area contributed by atoms with Gasteiger partial charge in [0, 0.05) is 32.7 Å². The summed E-state index contributed by atoms with van der Waals surface area (Å²) in [6.45, 7) is 4.12. The topological polar surface area (TPSA) is 96.3 Å². The molecule has 1 aromatic carbocycles. The molecular weight excluding hydrogens is 372 g/mol. The number of aryl methyl sites for hydroxylation is 1. The molecular formula is C20H24N6O3. The lowest BCUT2D eigenvalue weighted by Gasteiger charge is -2.32. The number of ether oxygens (including phenoxy) is 1. The smallest absolute Gasteiger partial charge is 0.301 e. The minimum absolute atomic E-state index is 0.0932.